The minimum Gasteiger partial charge on any atom is -0.387 e. The van der Waals surface area contributed by atoms with Crippen molar-refractivity contribution < 1.29 is 5.11 Å². The van der Waals surface area contributed by atoms with Crippen LogP contribution in [0, 0.1) is 6.92 Å². The minimum atomic E-state index is -0.337. The van der Waals surface area contributed by atoms with Crippen LogP contribution in [0.15, 0.2) is 18.3 Å². The van der Waals surface area contributed by atoms with Crippen LogP contribution in [0.2, 0.25) is 0 Å². The number of hydrogen-bond donors (Lipinski definition) is 1. The van der Waals surface area contributed by atoms with Gasteiger partial charge in [0, 0.05) is 17.1 Å². The number of aliphatic hydroxyl groups excluding tert-OH is 1. The van der Waals surface area contributed by atoms with Crippen molar-refractivity contribution in [3.05, 3.63) is 29.6 Å². The van der Waals surface area contributed by atoms with Gasteiger partial charge in [0.05, 0.1) is 6.10 Å². The van der Waals surface area contributed by atoms with Crippen LogP contribution < -0.4 is 0 Å². The first-order valence-electron chi connectivity index (χ1n) is 4.99. The summed E-state index contributed by atoms with van der Waals surface area (Å²) in [5.41, 5.74) is 1.95. The van der Waals surface area contributed by atoms with Crippen molar-refractivity contribution in [2.45, 2.75) is 31.1 Å². The highest BCUT2D eigenvalue weighted by atomic mass is 32.2. The van der Waals surface area contributed by atoms with Crippen LogP contribution in [0.5, 0.6) is 0 Å². The summed E-state index contributed by atoms with van der Waals surface area (Å²) >= 11 is 1.87. The average Bonchev–Trinajstić information content (AvgIpc) is 2.71. The van der Waals surface area contributed by atoms with E-state index in [1.807, 2.05) is 30.8 Å². The lowest BCUT2D eigenvalue weighted by molar-refractivity contribution is 0.172. The first-order valence-corrected chi connectivity index (χ1v) is 6.04. The lowest BCUT2D eigenvalue weighted by Crippen LogP contribution is -2.11. The maximum Gasteiger partial charge on any atom is 0.0923 e. The maximum absolute atomic E-state index is 10.1. The summed E-state index contributed by atoms with van der Waals surface area (Å²) < 4.78 is 0. The van der Waals surface area contributed by atoms with E-state index in [0.29, 0.717) is 5.25 Å². The van der Waals surface area contributed by atoms with Gasteiger partial charge in [-0.05, 0) is 37.1 Å². The molecular formula is C11H15NOS. The summed E-state index contributed by atoms with van der Waals surface area (Å²) in [6.45, 7) is 1.96. The molecule has 2 heterocycles. The standard InChI is InChI=1S/C11H15NOS/c1-8-4-5-9(7-12-8)11(13)10-3-2-6-14-10/h4-5,7,10-11,13H,2-3,6H2,1H3. The van der Waals surface area contributed by atoms with Gasteiger partial charge in [0.25, 0.3) is 0 Å². The molecule has 2 nitrogen and oxygen atoms in total. The van der Waals surface area contributed by atoms with Crippen molar-refractivity contribution in [2.24, 2.45) is 0 Å². The number of aliphatic hydroxyl groups is 1. The average molecular weight is 209 g/mol. The number of aryl methyl sites for hydroxylation is 1. The van der Waals surface area contributed by atoms with E-state index in [1.54, 1.807) is 6.20 Å². The van der Waals surface area contributed by atoms with E-state index in [0.717, 1.165) is 17.7 Å². The molecule has 2 rings (SSSR count). The Morgan fingerprint density at radius 1 is 1.57 bits per heavy atom. The number of pyridine rings is 1. The molecule has 1 saturated heterocycles. The topological polar surface area (TPSA) is 33.1 Å². The van der Waals surface area contributed by atoms with Gasteiger partial charge in [0.2, 0.25) is 0 Å². The molecule has 1 aromatic heterocycles. The molecule has 0 amide bonds. The van der Waals surface area contributed by atoms with Crippen molar-refractivity contribution in [1.82, 2.24) is 4.98 Å². The highest BCUT2D eigenvalue weighted by Crippen LogP contribution is 2.35. The van der Waals surface area contributed by atoms with Gasteiger partial charge in [-0.25, -0.2) is 0 Å². The van der Waals surface area contributed by atoms with E-state index >= 15 is 0 Å². The Balaban J connectivity index is 2.09. The molecule has 0 bridgehead atoms. The zero-order chi connectivity index (χ0) is 9.97. The Hall–Kier alpha value is -0.540. The third kappa shape index (κ3) is 2.10. The quantitative estimate of drug-likeness (QED) is 0.811. The normalized spacial score (nSPS) is 23.7. The Labute approximate surface area is 88.8 Å². The zero-order valence-corrected chi connectivity index (χ0v) is 9.13. The molecule has 0 saturated carbocycles. The molecule has 0 spiro atoms. The van der Waals surface area contributed by atoms with Gasteiger partial charge in [-0.1, -0.05) is 6.07 Å². The summed E-state index contributed by atoms with van der Waals surface area (Å²) in [6, 6.07) is 3.93. The van der Waals surface area contributed by atoms with E-state index in [9.17, 15) is 5.11 Å². The van der Waals surface area contributed by atoms with Crippen LogP contribution in [0.3, 0.4) is 0 Å². The monoisotopic (exact) mass is 209 g/mol. The van der Waals surface area contributed by atoms with Crippen LogP contribution in [0.4, 0.5) is 0 Å². The smallest absolute Gasteiger partial charge is 0.0923 e. The number of nitrogens with zero attached hydrogens (tertiary/aromatic N) is 1. The fourth-order valence-electron chi connectivity index (χ4n) is 1.72. The van der Waals surface area contributed by atoms with Gasteiger partial charge in [-0.15, -0.1) is 0 Å². The second-order valence-corrected chi connectivity index (χ2v) is 5.08. The van der Waals surface area contributed by atoms with Crippen molar-refractivity contribution in [3.8, 4) is 0 Å². The fourth-order valence-corrected chi connectivity index (χ4v) is 3.03. The van der Waals surface area contributed by atoms with Crippen LogP contribution in [0.25, 0.3) is 0 Å². The van der Waals surface area contributed by atoms with Crippen LogP contribution in [0.1, 0.15) is 30.2 Å². The Morgan fingerprint density at radius 2 is 2.43 bits per heavy atom. The van der Waals surface area contributed by atoms with E-state index < -0.39 is 0 Å². The molecule has 0 aromatic carbocycles. The van der Waals surface area contributed by atoms with Gasteiger partial charge in [-0.3, -0.25) is 4.98 Å². The fraction of sp³-hybridized carbons (Fsp3) is 0.545. The van der Waals surface area contributed by atoms with E-state index in [-0.39, 0.29) is 6.10 Å². The summed E-state index contributed by atoms with van der Waals surface area (Å²) in [5, 5.41) is 10.4. The maximum atomic E-state index is 10.1. The Morgan fingerprint density at radius 3 is 3.00 bits per heavy atom. The van der Waals surface area contributed by atoms with Crippen molar-refractivity contribution in [1.29, 1.82) is 0 Å². The van der Waals surface area contributed by atoms with Crippen LogP contribution >= 0.6 is 11.8 Å². The van der Waals surface area contributed by atoms with Gasteiger partial charge in [0.15, 0.2) is 0 Å². The molecule has 3 heteroatoms. The van der Waals surface area contributed by atoms with Gasteiger partial charge in [0.1, 0.15) is 0 Å². The van der Waals surface area contributed by atoms with Crippen LogP contribution in [-0.2, 0) is 0 Å². The largest absolute Gasteiger partial charge is 0.387 e. The molecule has 76 valence electrons. The minimum absolute atomic E-state index is 0.337. The van der Waals surface area contributed by atoms with Gasteiger partial charge in [-0.2, -0.15) is 11.8 Å². The SMILES string of the molecule is Cc1ccc(C(O)C2CCCS2)cn1. The van der Waals surface area contributed by atoms with Crippen molar-refractivity contribution in [2.75, 3.05) is 5.75 Å². The molecule has 1 aliphatic heterocycles. The predicted octanol–water partition coefficient (Wildman–Crippen LogP) is 2.32. The zero-order valence-electron chi connectivity index (χ0n) is 8.31. The third-order valence-corrected chi connectivity index (χ3v) is 4.04. The lowest BCUT2D eigenvalue weighted by atomic mass is 10.1. The lowest BCUT2D eigenvalue weighted by Gasteiger charge is -2.16. The number of thioether (sulfide) groups is 1. The van der Waals surface area contributed by atoms with E-state index in [4.69, 9.17) is 0 Å². The number of aromatic nitrogens is 1. The first kappa shape index (κ1) is 9.99. The van der Waals surface area contributed by atoms with Gasteiger partial charge >= 0.3 is 0 Å². The molecule has 1 aliphatic rings. The molecule has 0 radical (unpaired) electrons. The summed E-state index contributed by atoms with van der Waals surface area (Å²) in [4.78, 5) is 4.20. The second kappa shape index (κ2) is 4.32. The van der Waals surface area contributed by atoms with E-state index in [2.05, 4.69) is 4.98 Å². The summed E-state index contributed by atoms with van der Waals surface area (Å²) in [6.07, 6.45) is 3.81. The summed E-state index contributed by atoms with van der Waals surface area (Å²) in [7, 11) is 0. The third-order valence-electron chi connectivity index (χ3n) is 2.59. The van der Waals surface area contributed by atoms with E-state index in [1.165, 1.54) is 12.2 Å². The molecule has 1 aromatic rings. The molecule has 0 aliphatic carbocycles. The highest BCUT2D eigenvalue weighted by Gasteiger charge is 2.24. The van der Waals surface area contributed by atoms with Crippen molar-refractivity contribution in [3.63, 3.8) is 0 Å². The highest BCUT2D eigenvalue weighted by molar-refractivity contribution is 8.00. The van der Waals surface area contributed by atoms with Crippen molar-refractivity contribution >= 4 is 11.8 Å². The Kier molecular flexibility index (Phi) is 3.08. The molecular weight excluding hydrogens is 194 g/mol. The molecule has 2 atom stereocenters. The van der Waals surface area contributed by atoms with Gasteiger partial charge < -0.3 is 5.11 Å². The number of hydrogen-bond acceptors (Lipinski definition) is 3. The second-order valence-electron chi connectivity index (χ2n) is 3.73. The summed E-state index contributed by atoms with van der Waals surface area (Å²) in [5.74, 6) is 1.18. The first-order chi connectivity index (χ1) is 6.77. The molecule has 1 fully saturated rings. The Bertz CT molecular complexity index is 293. The van der Waals surface area contributed by atoms with Crippen LogP contribution in [-0.4, -0.2) is 21.1 Å². The molecule has 2 unspecified atom stereocenters. The number of rotatable bonds is 2. The molecule has 1 N–H and O–H groups in total. The predicted molar refractivity (Wildman–Crippen MR) is 59.4 cm³/mol. The molecule has 14 heavy (non-hydrogen) atoms.